The monoisotopic (exact) mass is 443 g/mol. The highest BCUT2D eigenvalue weighted by atomic mass is 32.2. The quantitative estimate of drug-likeness (QED) is 0.254. The number of thioether (sulfide) groups is 1. The van der Waals surface area contributed by atoms with Gasteiger partial charge in [0.15, 0.2) is 11.5 Å². The number of hydrazone groups is 1. The van der Waals surface area contributed by atoms with E-state index in [0.717, 1.165) is 11.8 Å². The normalized spacial score (nSPS) is 15.6. The van der Waals surface area contributed by atoms with Crippen molar-refractivity contribution in [1.29, 1.82) is 0 Å². The number of hydrogen-bond acceptors (Lipinski definition) is 9. The van der Waals surface area contributed by atoms with Crippen molar-refractivity contribution in [2.75, 3.05) is 7.11 Å². The van der Waals surface area contributed by atoms with Gasteiger partial charge in [-0.3, -0.25) is 24.5 Å². The van der Waals surface area contributed by atoms with Crippen molar-refractivity contribution in [2.45, 2.75) is 11.7 Å². The molecule has 0 saturated carbocycles. The number of rotatable bonds is 7. The van der Waals surface area contributed by atoms with Gasteiger partial charge in [0.25, 0.3) is 11.1 Å². The summed E-state index contributed by atoms with van der Waals surface area (Å²) in [5.41, 5.74) is 2.91. The average Bonchev–Trinajstić information content (AvgIpc) is 3.05. The first-order valence-electron chi connectivity index (χ1n) is 8.89. The van der Waals surface area contributed by atoms with Gasteiger partial charge in [0.05, 0.1) is 25.3 Å². The average molecular weight is 443 g/mol. The number of phenols is 1. The van der Waals surface area contributed by atoms with Crippen LogP contribution in [0.3, 0.4) is 0 Å². The van der Waals surface area contributed by atoms with Gasteiger partial charge >= 0.3 is 5.97 Å². The van der Waals surface area contributed by atoms with E-state index in [4.69, 9.17) is 9.47 Å². The molecule has 11 heteroatoms. The molecular weight excluding hydrogens is 426 g/mol. The number of nitrogens with zero attached hydrogens (tertiary/aromatic N) is 1. The molecule has 0 unspecified atom stereocenters. The summed E-state index contributed by atoms with van der Waals surface area (Å²) in [7, 11) is 1.38. The molecule has 0 radical (unpaired) electrons. The van der Waals surface area contributed by atoms with Crippen LogP contribution in [0.2, 0.25) is 0 Å². The van der Waals surface area contributed by atoms with Crippen molar-refractivity contribution in [3.05, 3.63) is 53.6 Å². The third-order valence-electron chi connectivity index (χ3n) is 4.06. The van der Waals surface area contributed by atoms with Crippen LogP contribution in [0.25, 0.3) is 0 Å². The zero-order chi connectivity index (χ0) is 22.4. The fourth-order valence-electron chi connectivity index (χ4n) is 2.58. The standard InChI is InChI=1S/C20H17N3O7S/c1-29-15-8-11(10-21-23-18(26)12-4-2-3-5-13(12)24)6-7-14(15)30-17(25)9-16-19(27)22-20(28)31-16/h2-8,10,16,24H,9H2,1H3,(H,23,26)(H,22,27,28)/b21-10-/t16-/m1/s1. The van der Waals surface area contributed by atoms with Crippen LogP contribution in [0, 0.1) is 0 Å². The number of hydrogen-bond donors (Lipinski definition) is 3. The largest absolute Gasteiger partial charge is 0.507 e. The number of para-hydroxylation sites is 1. The number of benzene rings is 2. The number of amides is 3. The predicted octanol–water partition coefficient (Wildman–Crippen LogP) is 1.81. The van der Waals surface area contributed by atoms with Gasteiger partial charge in [-0.15, -0.1) is 0 Å². The predicted molar refractivity (Wildman–Crippen MR) is 111 cm³/mol. The summed E-state index contributed by atoms with van der Waals surface area (Å²) in [6.45, 7) is 0. The van der Waals surface area contributed by atoms with E-state index in [2.05, 4.69) is 15.8 Å². The Bertz CT molecular complexity index is 1070. The fraction of sp³-hybridized carbons (Fsp3) is 0.150. The Morgan fingerprint density at radius 1 is 1.23 bits per heavy atom. The number of imide groups is 1. The molecule has 31 heavy (non-hydrogen) atoms. The van der Waals surface area contributed by atoms with E-state index in [1.807, 2.05) is 0 Å². The molecule has 1 aliphatic heterocycles. The minimum absolute atomic E-state index is 0.0790. The van der Waals surface area contributed by atoms with Crippen LogP contribution < -0.4 is 20.2 Å². The maximum atomic E-state index is 12.1. The first-order valence-corrected chi connectivity index (χ1v) is 9.77. The molecule has 0 bridgehead atoms. The van der Waals surface area contributed by atoms with Crippen molar-refractivity contribution < 1.29 is 33.8 Å². The molecule has 3 amide bonds. The zero-order valence-corrected chi connectivity index (χ0v) is 17.0. The van der Waals surface area contributed by atoms with Gasteiger partial charge in [-0.05, 0) is 35.9 Å². The van der Waals surface area contributed by atoms with Gasteiger partial charge in [0.1, 0.15) is 11.0 Å². The van der Waals surface area contributed by atoms with Gasteiger partial charge in [-0.25, -0.2) is 5.43 Å². The number of carbonyl (C=O) groups is 4. The zero-order valence-electron chi connectivity index (χ0n) is 16.2. The van der Waals surface area contributed by atoms with Crippen LogP contribution in [-0.4, -0.2) is 46.7 Å². The fourth-order valence-corrected chi connectivity index (χ4v) is 3.39. The van der Waals surface area contributed by atoms with Crippen molar-refractivity contribution in [2.24, 2.45) is 5.10 Å². The number of nitrogens with one attached hydrogen (secondary N) is 2. The van der Waals surface area contributed by atoms with E-state index in [9.17, 15) is 24.3 Å². The summed E-state index contributed by atoms with van der Waals surface area (Å²) in [5, 5.41) is 14.3. The van der Waals surface area contributed by atoms with Gasteiger partial charge < -0.3 is 14.6 Å². The van der Waals surface area contributed by atoms with Crippen molar-refractivity contribution in [3.8, 4) is 17.2 Å². The van der Waals surface area contributed by atoms with Crippen LogP contribution in [0.5, 0.6) is 17.2 Å². The topological polar surface area (TPSA) is 143 Å². The lowest BCUT2D eigenvalue weighted by Gasteiger charge is -2.10. The van der Waals surface area contributed by atoms with E-state index in [1.165, 1.54) is 37.6 Å². The second-order valence-corrected chi connectivity index (χ2v) is 7.36. The summed E-state index contributed by atoms with van der Waals surface area (Å²) in [5.74, 6) is -1.63. The van der Waals surface area contributed by atoms with Gasteiger partial charge in [-0.1, -0.05) is 23.9 Å². The molecule has 1 saturated heterocycles. The van der Waals surface area contributed by atoms with Gasteiger partial charge in [-0.2, -0.15) is 5.10 Å². The smallest absolute Gasteiger partial charge is 0.312 e. The number of aromatic hydroxyl groups is 1. The van der Waals surface area contributed by atoms with Crippen LogP contribution in [-0.2, 0) is 9.59 Å². The lowest BCUT2D eigenvalue weighted by atomic mass is 10.2. The van der Waals surface area contributed by atoms with Crippen LogP contribution in [0.15, 0.2) is 47.6 Å². The van der Waals surface area contributed by atoms with Crippen molar-refractivity contribution in [1.82, 2.24) is 10.7 Å². The Morgan fingerprint density at radius 2 is 2.00 bits per heavy atom. The molecule has 2 aromatic rings. The molecule has 3 N–H and O–H groups in total. The summed E-state index contributed by atoms with van der Waals surface area (Å²) in [4.78, 5) is 46.9. The van der Waals surface area contributed by atoms with Crippen LogP contribution >= 0.6 is 11.8 Å². The van der Waals surface area contributed by atoms with Crippen molar-refractivity contribution >= 4 is 41.0 Å². The number of phenolic OH excluding ortho intramolecular Hbond substituents is 1. The van der Waals surface area contributed by atoms with Gasteiger partial charge in [0.2, 0.25) is 5.91 Å². The third-order valence-corrected chi connectivity index (χ3v) is 5.04. The minimum atomic E-state index is -0.829. The van der Waals surface area contributed by atoms with Crippen LogP contribution in [0.4, 0.5) is 4.79 Å². The molecule has 1 heterocycles. The summed E-state index contributed by atoms with van der Waals surface area (Å²) in [6, 6.07) is 10.6. The molecule has 10 nitrogen and oxygen atoms in total. The number of esters is 1. The van der Waals surface area contributed by atoms with Crippen LogP contribution in [0.1, 0.15) is 22.3 Å². The Labute approximate surface area is 180 Å². The highest BCUT2D eigenvalue weighted by Crippen LogP contribution is 2.29. The number of ether oxygens (including phenoxy) is 2. The number of carbonyl (C=O) groups excluding carboxylic acids is 4. The molecule has 0 aliphatic carbocycles. The first-order chi connectivity index (χ1) is 14.9. The molecule has 160 valence electrons. The second kappa shape index (κ2) is 9.76. The maximum absolute atomic E-state index is 12.1. The van der Waals surface area contributed by atoms with E-state index in [-0.39, 0.29) is 29.2 Å². The summed E-state index contributed by atoms with van der Waals surface area (Å²) in [6.07, 6.45) is 1.07. The molecule has 0 aromatic heterocycles. The Kier molecular flexibility index (Phi) is 6.88. The van der Waals surface area contributed by atoms with E-state index >= 15 is 0 Å². The van der Waals surface area contributed by atoms with E-state index < -0.39 is 28.3 Å². The summed E-state index contributed by atoms with van der Waals surface area (Å²) >= 11 is 0.736. The molecule has 1 aliphatic rings. The molecular formula is C20H17N3O7S. The Morgan fingerprint density at radius 3 is 2.68 bits per heavy atom. The molecule has 1 fully saturated rings. The van der Waals surface area contributed by atoms with Gasteiger partial charge in [0, 0.05) is 0 Å². The Balaban J connectivity index is 1.61. The SMILES string of the molecule is COc1cc(/C=N\NC(=O)c2ccccc2O)ccc1OC(=O)C[C@H]1SC(=O)NC1=O. The third kappa shape index (κ3) is 5.60. The molecule has 1 atom stereocenters. The Hall–Kier alpha value is -3.86. The minimum Gasteiger partial charge on any atom is -0.507 e. The molecule has 3 rings (SSSR count). The number of methoxy groups -OCH3 is 1. The maximum Gasteiger partial charge on any atom is 0.312 e. The summed E-state index contributed by atoms with van der Waals surface area (Å²) < 4.78 is 10.4. The molecule has 0 spiro atoms. The van der Waals surface area contributed by atoms with E-state index in [0.29, 0.717) is 5.56 Å². The van der Waals surface area contributed by atoms with Crippen molar-refractivity contribution in [3.63, 3.8) is 0 Å². The highest BCUT2D eigenvalue weighted by molar-refractivity contribution is 8.15. The first kappa shape index (κ1) is 21.8. The molecule has 2 aromatic carbocycles. The lowest BCUT2D eigenvalue weighted by Crippen LogP contribution is -2.27. The highest BCUT2D eigenvalue weighted by Gasteiger charge is 2.34. The van der Waals surface area contributed by atoms with E-state index in [1.54, 1.807) is 18.2 Å². The lowest BCUT2D eigenvalue weighted by molar-refractivity contribution is -0.136. The second-order valence-electron chi connectivity index (χ2n) is 6.19.